The molecule has 0 unspecified atom stereocenters. The summed E-state index contributed by atoms with van der Waals surface area (Å²) < 4.78 is 5.60. The molecule has 0 bridgehead atoms. The summed E-state index contributed by atoms with van der Waals surface area (Å²) >= 11 is 0. The van der Waals surface area contributed by atoms with Gasteiger partial charge in [0.2, 0.25) is 0 Å². The van der Waals surface area contributed by atoms with Crippen LogP contribution in [0.25, 0.3) is 6.08 Å². The van der Waals surface area contributed by atoms with E-state index in [1.165, 1.54) is 0 Å². The second-order valence-electron chi connectivity index (χ2n) is 4.80. The van der Waals surface area contributed by atoms with Gasteiger partial charge in [-0.3, -0.25) is 4.79 Å². The number of hydrogen-bond donors (Lipinski definition) is 1. The Balaban J connectivity index is 1.82. The number of ether oxygens (including phenoxy) is 1. The van der Waals surface area contributed by atoms with E-state index in [0.29, 0.717) is 18.7 Å². The molecule has 1 amide bonds. The summed E-state index contributed by atoms with van der Waals surface area (Å²) in [5.41, 5.74) is 7.50. The SMILES string of the molecule is N[C@@H]1CCN(C(=O)C2=Cc3ccccc3OC2)C1. The van der Waals surface area contributed by atoms with Crippen LogP contribution in [0.1, 0.15) is 12.0 Å². The largest absolute Gasteiger partial charge is 0.488 e. The second kappa shape index (κ2) is 4.46. The van der Waals surface area contributed by atoms with Crippen molar-refractivity contribution in [2.24, 2.45) is 5.73 Å². The Morgan fingerprint density at radius 3 is 3.00 bits per heavy atom. The van der Waals surface area contributed by atoms with Crippen LogP contribution >= 0.6 is 0 Å². The van der Waals surface area contributed by atoms with Gasteiger partial charge in [-0.15, -0.1) is 0 Å². The summed E-state index contributed by atoms with van der Waals surface area (Å²) in [6, 6.07) is 7.86. The highest BCUT2D eigenvalue weighted by Crippen LogP contribution is 2.26. The van der Waals surface area contributed by atoms with Gasteiger partial charge in [0.1, 0.15) is 12.4 Å². The minimum absolute atomic E-state index is 0.0532. The second-order valence-corrected chi connectivity index (χ2v) is 4.80. The summed E-state index contributed by atoms with van der Waals surface area (Å²) in [4.78, 5) is 14.1. The minimum atomic E-state index is 0.0532. The van der Waals surface area contributed by atoms with Gasteiger partial charge in [-0.2, -0.15) is 0 Å². The van der Waals surface area contributed by atoms with Crippen molar-refractivity contribution in [1.29, 1.82) is 0 Å². The third kappa shape index (κ3) is 1.99. The standard InChI is InChI=1S/C14H16N2O2/c15-12-5-6-16(8-12)14(17)11-7-10-3-1-2-4-13(10)18-9-11/h1-4,7,12H,5-6,8-9,15H2/t12-/m1/s1. The lowest BCUT2D eigenvalue weighted by Gasteiger charge is -2.21. The van der Waals surface area contributed by atoms with Crippen LogP contribution in [0, 0.1) is 0 Å². The Bertz CT molecular complexity index is 510. The van der Waals surface area contributed by atoms with Gasteiger partial charge in [-0.05, 0) is 18.6 Å². The van der Waals surface area contributed by atoms with Gasteiger partial charge in [0.25, 0.3) is 5.91 Å². The van der Waals surface area contributed by atoms with Crippen molar-refractivity contribution >= 4 is 12.0 Å². The average molecular weight is 244 g/mol. The molecular weight excluding hydrogens is 228 g/mol. The Morgan fingerprint density at radius 2 is 2.22 bits per heavy atom. The first-order valence-corrected chi connectivity index (χ1v) is 6.21. The molecule has 4 nitrogen and oxygen atoms in total. The number of carbonyl (C=O) groups excluding carboxylic acids is 1. The summed E-state index contributed by atoms with van der Waals surface area (Å²) in [5, 5.41) is 0. The minimum Gasteiger partial charge on any atom is -0.488 e. The molecule has 1 fully saturated rings. The third-order valence-corrected chi connectivity index (χ3v) is 3.42. The maximum absolute atomic E-state index is 12.3. The van der Waals surface area contributed by atoms with Crippen molar-refractivity contribution < 1.29 is 9.53 Å². The molecule has 1 atom stereocenters. The molecule has 18 heavy (non-hydrogen) atoms. The molecule has 0 aliphatic carbocycles. The third-order valence-electron chi connectivity index (χ3n) is 3.42. The van der Waals surface area contributed by atoms with Gasteiger partial charge in [0.15, 0.2) is 0 Å². The quantitative estimate of drug-likeness (QED) is 0.802. The van der Waals surface area contributed by atoms with E-state index in [4.69, 9.17) is 10.5 Å². The highest BCUT2D eigenvalue weighted by atomic mass is 16.5. The fraction of sp³-hybridized carbons (Fsp3) is 0.357. The van der Waals surface area contributed by atoms with Crippen LogP contribution in [0.3, 0.4) is 0 Å². The van der Waals surface area contributed by atoms with Crippen LogP contribution in [0.15, 0.2) is 29.8 Å². The highest BCUT2D eigenvalue weighted by Gasteiger charge is 2.27. The molecule has 0 saturated carbocycles. The van der Waals surface area contributed by atoms with E-state index < -0.39 is 0 Å². The number of fused-ring (bicyclic) bond motifs is 1. The first kappa shape index (κ1) is 11.3. The van der Waals surface area contributed by atoms with Crippen molar-refractivity contribution in [3.8, 4) is 5.75 Å². The maximum Gasteiger partial charge on any atom is 0.253 e. The number of carbonyl (C=O) groups is 1. The molecule has 4 heteroatoms. The van der Waals surface area contributed by atoms with Gasteiger partial charge in [0.05, 0.1) is 5.57 Å². The maximum atomic E-state index is 12.3. The summed E-state index contributed by atoms with van der Waals surface area (Å²) in [7, 11) is 0. The van der Waals surface area contributed by atoms with E-state index >= 15 is 0 Å². The number of para-hydroxylation sites is 1. The van der Waals surface area contributed by atoms with E-state index in [0.717, 1.165) is 24.3 Å². The number of benzene rings is 1. The van der Waals surface area contributed by atoms with Gasteiger partial charge in [-0.25, -0.2) is 0 Å². The van der Waals surface area contributed by atoms with Crippen LogP contribution in [0.5, 0.6) is 5.75 Å². The number of rotatable bonds is 1. The molecule has 0 aromatic heterocycles. The molecule has 94 valence electrons. The Hall–Kier alpha value is -1.81. The zero-order valence-corrected chi connectivity index (χ0v) is 10.1. The molecule has 3 rings (SSSR count). The lowest BCUT2D eigenvalue weighted by molar-refractivity contribution is -0.126. The van der Waals surface area contributed by atoms with Crippen molar-refractivity contribution in [3.05, 3.63) is 35.4 Å². The first-order valence-electron chi connectivity index (χ1n) is 6.21. The number of amides is 1. The molecule has 1 aromatic carbocycles. The van der Waals surface area contributed by atoms with Gasteiger partial charge < -0.3 is 15.4 Å². The Morgan fingerprint density at radius 1 is 1.39 bits per heavy atom. The molecule has 2 aliphatic rings. The van der Waals surface area contributed by atoms with E-state index in [-0.39, 0.29) is 11.9 Å². The smallest absolute Gasteiger partial charge is 0.253 e. The van der Waals surface area contributed by atoms with E-state index in [2.05, 4.69) is 0 Å². The topological polar surface area (TPSA) is 55.6 Å². The van der Waals surface area contributed by atoms with Crippen molar-refractivity contribution in [2.75, 3.05) is 19.7 Å². The molecule has 2 N–H and O–H groups in total. The van der Waals surface area contributed by atoms with Gasteiger partial charge in [0, 0.05) is 24.7 Å². The summed E-state index contributed by atoms with van der Waals surface area (Å²) in [5.74, 6) is 0.893. The molecule has 2 heterocycles. The summed E-state index contributed by atoms with van der Waals surface area (Å²) in [6.45, 7) is 1.75. The number of nitrogens with two attached hydrogens (primary N) is 1. The van der Waals surface area contributed by atoms with Crippen LogP contribution in [0.2, 0.25) is 0 Å². The molecule has 0 radical (unpaired) electrons. The zero-order valence-electron chi connectivity index (χ0n) is 10.1. The van der Waals surface area contributed by atoms with Gasteiger partial charge in [-0.1, -0.05) is 18.2 Å². The van der Waals surface area contributed by atoms with Crippen LogP contribution in [-0.2, 0) is 4.79 Å². The van der Waals surface area contributed by atoms with Crippen LogP contribution in [-0.4, -0.2) is 36.5 Å². The normalized spacial score (nSPS) is 22.2. The Labute approximate surface area is 106 Å². The van der Waals surface area contributed by atoms with E-state index in [1.807, 2.05) is 35.2 Å². The fourth-order valence-corrected chi connectivity index (χ4v) is 2.41. The molecule has 2 aliphatic heterocycles. The molecular formula is C14H16N2O2. The number of hydrogen-bond acceptors (Lipinski definition) is 3. The van der Waals surface area contributed by atoms with E-state index in [9.17, 15) is 4.79 Å². The van der Waals surface area contributed by atoms with Gasteiger partial charge >= 0.3 is 0 Å². The number of nitrogens with zero attached hydrogens (tertiary/aromatic N) is 1. The molecule has 1 saturated heterocycles. The monoisotopic (exact) mass is 244 g/mol. The zero-order chi connectivity index (χ0) is 12.5. The van der Waals surface area contributed by atoms with Crippen LogP contribution < -0.4 is 10.5 Å². The molecule has 1 aromatic rings. The van der Waals surface area contributed by atoms with Crippen molar-refractivity contribution in [1.82, 2.24) is 4.90 Å². The lowest BCUT2D eigenvalue weighted by atomic mass is 10.1. The average Bonchev–Trinajstić information content (AvgIpc) is 2.84. The first-order chi connectivity index (χ1) is 8.74. The van der Waals surface area contributed by atoms with E-state index in [1.54, 1.807) is 0 Å². The highest BCUT2D eigenvalue weighted by molar-refractivity contribution is 5.99. The van der Waals surface area contributed by atoms with Crippen LogP contribution in [0.4, 0.5) is 0 Å². The fourth-order valence-electron chi connectivity index (χ4n) is 2.41. The van der Waals surface area contributed by atoms with Crippen molar-refractivity contribution in [2.45, 2.75) is 12.5 Å². The summed E-state index contributed by atoms with van der Waals surface area (Å²) in [6.07, 6.45) is 2.81. The van der Waals surface area contributed by atoms with Crippen molar-refractivity contribution in [3.63, 3.8) is 0 Å². The molecule has 0 spiro atoms. The lowest BCUT2D eigenvalue weighted by Crippen LogP contribution is -2.34. The predicted octanol–water partition coefficient (Wildman–Crippen LogP) is 1.02. The Kier molecular flexibility index (Phi) is 2.80. The number of likely N-dealkylation sites (tertiary alicyclic amines) is 1. The predicted molar refractivity (Wildman–Crippen MR) is 69.1 cm³/mol.